The number of nitrogens with one attached hydrogen (secondary N) is 3. The molecule has 0 aliphatic heterocycles. The maximum Gasteiger partial charge on any atom is 0.405 e. The lowest BCUT2D eigenvalue weighted by molar-refractivity contribution is -0.139. The van der Waals surface area contributed by atoms with Gasteiger partial charge in [-0.2, -0.15) is 13.2 Å². The first-order valence-corrected chi connectivity index (χ1v) is 11.0. The quantitative estimate of drug-likeness (QED) is 0.422. The number of H-pyrrole nitrogens is 1. The fraction of sp³-hybridized carbons (Fsp3) is 0.458. The summed E-state index contributed by atoms with van der Waals surface area (Å²) in [5, 5.41) is 5.86. The smallest absolute Gasteiger partial charge is 0.372 e. The van der Waals surface area contributed by atoms with Crippen molar-refractivity contribution in [2.75, 3.05) is 11.9 Å². The van der Waals surface area contributed by atoms with Crippen LogP contribution < -0.4 is 10.6 Å². The number of alkyl halides is 3. The molecule has 1 atom stereocenters. The van der Waals surface area contributed by atoms with Crippen molar-refractivity contribution in [2.24, 2.45) is 5.92 Å². The number of aromatic amines is 1. The zero-order valence-electron chi connectivity index (χ0n) is 19.9. The van der Waals surface area contributed by atoms with E-state index < -0.39 is 24.7 Å². The molecule has 0 aliphatic carbocycles. The molecule has 0 bridgehead atoms. The van der Waals surface area contributed by atoms with Gasteiger partial charge in [0.05, 0.1) is 17.9 Å². The summed E-state index contributed by atoms with van der Waals surface area (Å²) in [7, 11) is 0. The summed E-state index contributed by atoms with van der Waals surface area (Å²) >= 11 is 0. The Morgan fingerprint density at radius 2 is 1.88 bits per heavy atom. The van der Waals surface area contributed by atoms with Crippen LogP contribution in [0, 0.1) is 5.92 Å². The van der Waals surface area contributed by atoms with Crippen LogP contribution in [0.4, 0.5) is 18.9 Å². The first-order chi connectivity index (χ1) is 15.8. The molecule has 0 aromatic carbocycles. The van der Waals surface area contributed by atoms with Crippen LogP contribution in [0.2, 0.25) is 0 Å². The van der Waals surface area contributed by atoms with Gasteiger partial charge in [0.25, 0.3) is 0 Å². The van der Waals surface area contributed by atoms with Gasteiger partial charge in [0, 0.05) is 41.3 Å². The minimum Gasteiger partial charge on any atom is -0.372 e. The van der Waals surface area contributed by atoms with Crippen LogP contribution in [-0.2, 0) is 16.1 Å². The normalized spacial score (nSPS) is 13.3. The highest BCUT2D eigenvalue weighted by atomic mass is 19.4. The van der Waals surface area contributed by atoms with Gasteiger partial charge in [0.1, 0.15) is 18.2 Å². The molecule has 3 rings (SSSR count). The molecule has 1 amide bonds. The van der Waals surface area contributed by atoms with Crippen LogP contribution in [0.15, 0.2) is 36.9 Å². The van der Waals surface area contributed by atoms with Gasteiger partial charge in [-0.05, 0) is 44.4 Å². The fourth-order valence-electron chi connectivity index (χ4n) is 3.34. The molecule has 10 heteroatoms. The number of fused-ring (bicyclic) bond motifs is 1. The molecule has 7 nitrogen and oxygen atoms in total. The summed E-state index contributed by atoms with van der Waals surface area (Å²) in [6.45, 7) is 8.51. The van der Waals surface area contributed by atoms with Gasteiger partial charge in [-0.1, -0.05) is 13.8 Å². The van der Waals surface area contributed by atoms with Crippen molar-refractivity contribution in [1.82, 2.24) is 20.3 Å². The van der Waals surface area contributed by atoms with E-state index in [9.17, 15) is 18.0 Å². The van der Waals surface area contributed by atoms with E-state index in [1.807, 2.05) is 38.4 Å². The molecule has 184 valence electrons. The minimum atomic E-state index is -4.47. The first-order valence-electron chi connectivity index (χ1n) is 11.0. The van der Waals surface area contributed by atoms with Crippen molar-refractivity contribution in [3.8, 4) is 11.1 Å². The highest BCUT2D eigenvalue weighted by Crippen LogP contribution is 2.30. The van der Waals surface area contributed by atoms with Crippen LogP contribution in [0.3, 0.4) is 0 Å². The number of ether oxygens (including phenoxy) is 1. The van der Waals surface area contributed by atoms with E-state index in [4.69, 9.17) is 4.74 Å². The average molecular weight is 478 g/mol. The van der Waals surface area contributed by atoms with E-state index in [1.54, 1.807) is 32.3 Å². The summed E-state index contributed by atoms with van der Waals surface area (Å²) in [5.41, 5.74) is 3.50. The number of aromatic nitrogens is 3. The van der Waals surface area contributed by atoms with Crippen molar-refractivity contribution in [3.63, 3.8) is 0 Å². The third-order valence-corrected chi connectivity index (χ3v) is 5.04. The Labute approximate surface area is 196 Å². The zero-order valence-corrected chi connectivity index (χ0v) is 19.9. The number of rotatable bonds is 8. The zero-order chi connectivity index (χ0) is 25.1. The summed E-state index contributed by atoms with van der Waals surface area (Å²) < 4.78 is 43.4. The molecule has 0 aliphatic rings. The number of nitrogens with zero attached hydrogens (tertiary/aromatic N) is 2. The Balaban J connectivity index is 1.83. The number of pyridine rings is 2. The Hall–Kier alpha value is -3.14. The van der Waals surface area contributed by atoms with E-state index in [0.717, 1.165) is 22.1 Å². The van der Waals surface area contributed by atoms with Gasteiger partial charge < -0.3 is 20.4 Å². The molecule has 3 aromatic rings. The third-order valence-electron chi connectivity index (χ3n) is 5.04. The number of hydrogen-bond donors (Lipinski definition) is 3. The van der Waals surface area contributed by atoms with Crippen LogP contribution >= 0.6 is 0 Å². The standard InChI is InChI=1S/C24H30F3N5O2/c1-14(2)20(22(33)31-13-24(25,26)27)32-17-7-16(9-28-10-17)19-11-30-21-18(19)6-15(8-29-21)12-34-23(3,4)5/h6-11,14,20,32H,12-13H2,1-5H3,(H,29,30)(H,31,33)/t20-/m1/s1. The number of carbonyl (C=O) groups is 1. The summed E-state index contributed by atoms with van der Waals surface area (Å²) in [6.07, 6.45) is 2.32. The van der Waals surface area contributed by atoms with Crippen molar-refractivity contribution in [3.05, 3.63) is 42.5 Å². The maximum atomic E-state index is 12.5. The third kappa shape index (κ3) is 6.93. The van der Waals surface area contributed by atoms with Gasteiger partial charge >= 0.3 is 6.18 Å². The average Bonchev–Trinajstić information content (AvgIpc) is 3.16. The lowest BCUT2D eigenvalue weighted by Gasteiger charge is -2.23. The Morgan fingerprint density at radius 1 is 1.15 bits per heavy atom. The SMILES string of the molecule is CC(C)[C@@H](Nc1cncc(-c2c[nH]c3ncc(COC(C)(C)C)cc23)c1)C(=O)NCC(F)(F)F. The molecular formula is C24H30F3N5O2. The Morgan fingerprint density at radius 3 is 2.53 bits per heavy atom. The van der Waals surface area contributed by atoms with Gasteiger partial charge in [-0.3, -0.25) is 9.78 Å². The highest BCUT2D eigenvalue weighted by Gasteiger charge is 2.30. The predicted molar refractivity (Wildman–Crippen MR) is 125 cm³/mol. The van der Waals surface area contributed by atoms with Crippen molar-refractivity contribution in [1.29, 1.82) is 0 Å². The molecule has 3 N–H and O–H groups in total. The monoisotopic (exact) mass is 477 g/mol. The van der Waals surface area contributed by atoms with Crippen molar-refractivity contribution < 1.29 is 22.7 Å². The summed E-state index contributed by atoms with van der Waals surface area (Å²) in [5.74, 6) is -0.975. The molecule has 0 spiro atoms. The maximum absolute atomic E-state index is 12.5. The molecule has 0 saturated carbocycles. The number of carbonyl (C=O) groups excluding carboxylic acids is 1. The van der Waals surface area contributed by atoms with Gasteiger partial charge in [-0.25, -0.2) is 4.98 Å². The molecule has 3 heterocycles. The van der Waals surface area contributed by atoms with Crippen LogP contribution in [0.1, 0.15) is 40.2 Å². The van der Waals surface area contributed by atoms with Crippen molar-refractivity contribution >= 4 is 22.6 Å². The fourth-order valence-corrected chi connectivity index (χ4v) is 3.34. The van der Waals surface area contributed by atoms with E-state index in [1.165, 1.54) is 6.20 Å². The molecule has 34 heavy (non-hydrogen) atoms. The second-order valence-corrected chi connectivity index (χ2v) is 9.50. The van der Waals surface area contributed by atoms with Crippen molar-refractivity contribution in [2.45, 2.75) is 59.0 Å². The lowest BCUT2D eigenvalue weighted by atomic mass is 10.0. The molecule has 0 radical (unpaired) electrons. The van der Waals surface area contributed by atoms with E-state index >= 15 is 0 Å². The molecular weight excluding hydrogens is 447 g/mol. The Kier molecular flexibility index (Phi) is 7.50. The minimum absolute atomic E-state index is 0.250. The van der Waals surface area contributed by atoms with E-state index in [2.05, 4.69) is 20.3 Å². The van der Waals surface area contributed by atoms with Gasteiger partial charge in [0.2, 0.25) is 5.91 Å². The summed E-state index contributed by atoms with van der Waals surface area (Å²) in [4.78, 5) is 24.2. The first kappa shape index (κ1) is 25.5. The predicted octanol–water partition coefficient (Wildman–Crippen LogP) is 5.06. The van der Waals surface area contributed by atoms with Crippen LogP contribution in [-0.4, -0.2) is 45.2 Å². The van der Waals surface area contributed by atoms with E-state index in [-0.39, 0.29) is 11.5 Å². The number of halogens is 3. The van der Waals surface area contributed by atoms with Crippen LogP contribution in [0.25, 0.3) is 22.2 Å². The van der Waals surface area contributed by atoms with E-state index in [0.29, 0.717) is 17.9 Å². The van der Waals surface area contributed by atoms with Crippen LogP contribution in [0.5, 0.6) is 0 Å². The summed E-state index contributed by atoms with van der Waals surface area (Å²) in [6, 6.07) is 2.95. The highest BCUT2D eigenvalue weighted by molar-refractivity contribution is 5.94. The Bertz CT molecular complexity index is 1140. The molecule has 0 fully saturated rings. The second kappa shape index (κ2) is 10.0. The topological polar surface area (TPSA) is 91.9 Å². The number of amides is 1. The molecule has 0 unspecified atom stereocenters. The number of anilines is 1. The molecule has 3 aromatic heterocycles. The molecule has 0 saturated heterocycles. The second-order valence-electron chi connectivity index (χ2n) is 9.50. The van der Waals surface area contributed by atoms with Gasteiger partial charge in [-0.15, -0.1) is 0 Å². The largest absolute Gasteiger partial charge is 0.405 e. The lowest BCUT2D eigenvalue weighted by Crippen LogP contribution is -2.46. The van der Waals surface area contributed by atoms with Gasteiger partial charge in [0.15, 0.2) is 0 Å². The number of hydrogen-bond acceptors (Lipinski definition) is 5.